The van der Waals surface area contributed by atoms with Gasteiger partial charge in [-0.2, -0.15) is 0 Å². The first kappa shape index (κ1) is 15.5. The summed E-state index contributed by atoms with van der Waals surface area (Å²) in [6, 6.07) is 7.05. The molecule has 3 rings (SSSR count). The van der Waals surface area contributed by atoms with E-state index in [1.165, 1.54) is 0 Å². The van der Waals surface area contributed by atoms with E-state index in [2.05, 4.69) is 18.7 Å². The average Bonchev–Trinajstić information content (AvgIpc) is 2.75. The van der Waals surface area contributed by atoms with Crippen molar-refractivity contribution in [3.8, 4) is 0 Å². The lowest BCUT2D eigenvalue weighted by Gasteiger charge is -2.31. The van der Waals surface area contributed by atoms with Crippen LogP contribution in [0, 0.1) is 5.92 Å². The second-order valence-electron chi connectivity index (χ2n) is 6.61. The van der Waals surface area contributed by atoms with Crippen LogP contribution in [0.3, 0.4) is 0 Å². The summed E-state index contributed by atoms with van der Waals surface area (Å²) in [5, 5.41) is 0. The molecule has 2 aliphatic rings. The molecule has 0 atom stereocenters. The Balaban J connectivity index is 2.07. The van der Waals surface area contributed by atoms with Gasteiger partial charge in [0.05, 0.1) is 5.57 Å². The highest BCUT2D eigenvalue weighted by atomic mass is 16.2. The van der Waals surface area contributed by atoms with Crippen LogP contribution in [0.25, 0.3) is 0 Å². The van der Waals surface area contributed by atoms with Crippen LogP contribution in [0.4, 0.5) is 0 Å². The molecule has 0 amide bonds. The molecule has 0 saturated heterocycles. The van der Waals surface area contributed by atoms with E-state index >= 15 is 0 Å². The van der Waals surface area contributed by atoms with Gasteiger partial charge >= 0.3 is 0 Å². The maximum Gasteiger partial charge on any atom is 0.198 e. The summed E-state index contributed by atoms with van der Waals surface area (Å²) < 4.78 is 0. The third kappa shape index (κ3) is 2.56. The zero-order valence-corrected chi connectivity index (χ0v) is 14.0. The average molecular weight is 307 g/mol. The first-order chi connectivity index (χ1) is 10.9. The Morgan fingerprint density at radius 3 is 1.83 bits per heavy atom. The first-order valence-electron chi connectivity index (χ1n) is 7.97. The summed E-state index contributed by atoms with van der Waals surface area (Å²) in [6.07, 6.45) is 3.90. The van der Waals surface area contributed by atoms with Crippen LogP contribution >= 0.6 is 0 Å². The van der Waals surface area contributed by atoms with E-state index in [-0.39, 0.29) is 11.6 Å². The number of benzene rings is 1. The van der Waals surface area contributed by atoms with Crippen molar-refractivity contribution in [1.82, 2.24) is 4.90 Å². The van der Waals surface area contributed by atoms with Crippen molar-refractivity contribution in [2.45, 2.75) is 27.7 Å². The Morgan fingerprint density at radius 2 is 1.39 bits per heavy atom. The SMILES string of the molecule is CC1=CC(=C2C(=O)c3ccccc3C2=O)C=C(C)N1CC(C)C. The minimum Gasteiger partial charge on any atom is -0.349 e. The molecule has 0 saturated carbocycles. The molecule has 0 unspecified atom stereocenters. The molecule has 0 spiro atoms. The number of carbonyl (C=O) groups is 2. The van der Waals surface area contributed by atoms with Crippen LogP contribution in [0.5, 0.6) is 0 Å². The van der Waals surface area contributed by atoms with Gasteiger partial charge in [-0.15, -0.1) is 0 Å². The molecule has 1 aliphatic heterocycles. The molecule has 1 heterocycles. The Kier molecular flexibility index (Phi) is 3.80. The lowest BCUT2D eigenvalue weighted by molar-refractivity contribution is 0.0988. The standard InChI is InChI=1S/C20H21NO2/c1-12(2)11-21-13(3)9-15(10-14(21)4)18-19(22)16-7-5-6-8-17(16)20(18)23/h5-10,12H,11H2,1-4H3. The van der Waals surface area contributed by atoms with E-state index in [9.17, 15) is 9.59 Å². The number of Topliss-reactive ketones (excluding diaryl/α,β-unsaturated/α-hetero) is 2. The third-order valence-electron chi connectivity index (χ3n) is 4.29. The van der Waals surface area contributed by atoms with Crippen molar-refractivity contribution >= 4 is 11.6 Å². The second-order valence-corrected chi connectivity index (χ2v) is 6.61. The molecule has 3 heteroatoms. The molecule has 1 aliphatic carbocycles. The van der Waals surface area contributed by atoms with Crippen LogP contribution in [-0.4, -0.2) is 23.0 Å². The van der Waals surface area contributed by atoms with Crippen LogP contribution in [-0.2, 0) is 0 Å². The number of rotatable bonds is 2. The third-order valence-corrected chi connectivity index (χ3v) is 4.29. The first-order valence-corrected chi connectivity index (χ1v) is 7.97. The van der Waals surface area contributed by atoms with Gasteiger partial charge in [-0.1, -0.05) is 38.1 Å². The smallest absolute Gasteiger partial charge is 0.198 e. The van der Waals surface area contributed by atoms with Gasteiger partial charge in [0.2, 0.25) is 0 Å². The summed E-state index contributed by atoms with van der Waals surface area (Å²) in [5.74, 6) is 0.215. The number of fused-ring (bicyclic) bond motifs is 1. The number of carbonyl (C=O) groups excluding carboxylic acids is 2. The summed E-state index contributed by atoms with van der Waals surface area (Å²) in [7, 11) is 0. The van der Waals surface area contributed by atoms with Gasteiger partial charge in [0.15, 0.2) is 11.6 Å². The maximum atomic E-state index is 12.6. The van der Waals surface area contributed by atoms with Crippen molar-refractivity contribution in [2.75, 3.05) is 6.54 Å². The van der Waals surface area contributed by atoms with Gasteiger partial charge < -0.3 is 4.90 Å². The van der Waals surface area contributed by atoms with Crippen molar-refractivity contribution in [3.63, 3.8) is 0 Å². The van der Waals surface area contributed by atoms with E-state index < -0.39 is 0 Å². The quantitative estimate of drug-likeness (QED) is 0.608. The Morgan fingerprint density at radius 1 is 0.913 bits per heavy atom. The largest absolute Gasteiger partial charge is 0.349 e. The maximum absolute atomic E-state index is 12.6. The number of ketones is 2. The molecule has 0 fully saturated rings. The fraction of sp³-hybridized carbons (Fsp3) is 0.300. The molecule has 118 valence electrons. The predicted octanol–water partition coefficient (Wildman–Crippen LogP) is 4.14. The fourth-order valence-corrected chi connectivity index (χ4v) is 3.24. The molecule has 0 N–H and O–H groups in total. The lowest BCUT2D eigenvalue weighted by Crippen LogP contribution is -2.26. The van der Waals surface area contributed by atoms with Crippen molar-refractivity contribution in [2.24, 2.45) is 5.92 Å². The molecule has 1 aromatic carbocycles. The van der Waals surface area contributed by atoms with E-state index in [1.54, 1.807) is 24.3 Å². The summed E-state index contributed by atoms with van der Waals surface area (Å²) in [5.41, 5.74) is 4.19. The number of nitrogens with zero attached hydrogens (tertiary/aromatic N) is 1. The molecule has 0 aromatic heterocycles. The molecular formula is C20H21NO2. The summed E-state index contributed by atoms with van der Waals surface area (Å²) in [6.45, 7) is 9.33. The van der Waals surface area contributed by atoms with E-state index in [4.69, 9.17) is 0 Å². The topological polar surface area (TPSA) is 37.4 Å². The monoisotopic (exact) mass is 307 g/mol. The highest BCUT2D eigenvalue weighted by Gasteiger charge is 2.35. The van der Waals surface area contributed by atoms with Gasteiger partial charge in [-0.05, 0) is 37.5 Å². The normalized spacial score (nSPS) is 17.7. The summed E-state index contributed by atoms with van der Waals surface area (Å²) in [4.78, 5) is 27.5. The van der Waals surface area contributed by atoms with Crippen molar-refractivity contribution in [1.29, 1.82) is 0 Å². The predicted molar refractivity (Wildman–Crippen MR) is 91.2 cm³/mol. The molecule has 23 heavy (non-hydrogen) atoms. The van der Waals surface area contributed by atoms with Crippen LogP contribution < -0.4 is 0 Å². The van der Waals surface area contributed by atoms with Crippen molar-refractivity contribution in [3.05, 3.63) is 70.1 Å². The molecule has 3 nitrogen and oxygen atoms in total. The molecule has 0 bridgehead atoms. The van der Waals surface area contributed by atoms with E-state index in [1.807, 2.05) is 26.0 Å². The fourth-order valence-electron chi connectivity index (χ4n) is 3.24. The number of hydrogen-bond acceptors (Lipinski definition) is 3. The zero-order chi connectivity index (χ0) is 16.7. The van der Waals surface area contributed by atoms with Gasteiger partial charge in [0, 0.05) is 29.1 Å². The Hall–Kier alpha value is -2.42. The van der Waals surface area contributed by atoms with Gasteiger partial charge in [-0.3, -0.25) is 9.59 Å². The van der Waals surface area contributed by atoms with Crippen LogP contribution in [0.1, 0.15) is 48.4 Å². The van der Waals surface area contributed by atoms with Gasteiger partial charge in [0.1, 0.15) is 0 Å². The molecule has 1 aromatic rings. The van der Waals surface area contributed by atoms with Crippen LogP contribution in [0.15, 0.2) is 59.0 Å². The van der Waals surface area contributed by atoms with Crippen molar-refractivity contribution < 1.29 is 9.59 Å². The Bertz CT molecular complexity index is 735. The number of allylic oxidation sites excluding steroid dienone is 6. The van der Waals surface area contributed by atoms with E-state index in [0.717, 1.165) is 23.5 Å². The molecular weight excluding hydrogens is 286 g/mol. The highest BCUT2D eigenvalue weighted by molar-refractivity contribution is 6.40. The lowest BCUT2D eigenvalue weighted by atomic mass is 9.98. The molecule has 0 radical (unpaired) electrons. The minimum absolute atomic E-state index is 0.161. The zero-order valence-electron chi connectivity index (χ0n) is 14.0. The Labute approximate surface area is 137 Å². The van der Waals surface area contributed by atoms with Gasteiger partial charge in [-0.25, -0.2) is 0 Å². The van der Waals surface area contributed by atoms with Crippen LogP contribution in [0.2, 0.25) is 0 Å². The second kappa shape index (κ2) is 5.65. The highest BCUT2D eigenvalue weighted by Crippen LogP contribution is 2.32. The minimum atomic E-state index is -0.161. The van der Waals surface area contributed by atoms with Gasteiger partial charge in [0.25, 0.3) is 0 Å². The van der Waals surface area contributed by atoms with E-state index in [0.29, 0.717) is 22.6 Å². The summed E-state index contributed by atoms with van der Waals surface area (Å²) >= 11 is 0. The number of hydrogen-bond donors (Lipinski definition) is 0.